The maximum absolute atomic E-state index is 12.4. The highest BCUT2D eigenvalue weighted by Gasteiger charge is 2.24. The summed E-state index contributed by atoms with van der Waals surface area (Å²) in [5.41, 5.74) is 0. The molecule has 1 atom stereocenters. The zero-order valence-corrected chi connectivity index (χ0v) is 13.7. The maximum Gasteiger partial charge on any atom is 0.289 e. The Kier molecular flexibility index (Phi) is 3.96. The second-order valence-corrected chi connectivity index (χ2v) is 6.08. The SMILES string of the molecule is CC(NC(=O)c1nc(-n2cnnc2)n[nH]1)c1nncn1C1CCCC1. The number of hydrogen-bond donors (Lipinski definition) is 2. The Bertz CT molecular complexity index is 845. The molecule has 11 nitrogen and oxygen atoms in total. The molecule has 0 bridgehead atoms. The van der Waals surface area contributed by atoms with Gasteiger partial charge in [0.05, 0.1) is 6.04 Å². The molecule has 11 heteroatoms. The standard InChI is InChI=1S/C14H18N10O/c1-9(12-21-17-8-24(12)10-4-2-3-5-10)18-13(25)11-19-14(22-20-11)23-6-15-16-7-23/h6-10H,2-5H2,1H3,(H,18,25)(H,19,20,22). The van der Waals surface area contributed by atoms with Crippen molar-refractivity contribution in [1.29, 1.82) is 0 Å². The lowest BCUT2D eigenvalue weighted by atomic mass is 10.2. The molecule has 1 saturated carbocycles. The van der Waals surface area contributed by atoms with E-state index in [-0.39, 0.29) is 17.8 Å². The Hall–Kier alpha value is -3.11. The van der Waals surface area contributed by atoms with Gasteiger partial charge in [0, 0.05) is 6.04 Å². The normalized spacial score (nSPS) is 16.2. The summed E-state index contributed by atoms with van der Waals surface area (Å²) in [6.07, 6.45) is 9.33. The molecule has 0 radical (unpaired) electrons. The molecule has 1 aliphatic carbocycles. The van der Waals surface area contributed by atoms with Gasteiger partial charge in [-0.15, -0.1) is 25.5 Å². The van der Waals surface area contributed by atoms with Crippen LogP contribution in [0, 0.1) is 0 Å². The lowest BCUT2D eigenvalue weighted by Gasteiger charge is -2.18. The van der Waals surface area contributed by atoms with Gasteiger partial charge in [0.15, 0.2) is 5.82 Å². The van der Waals surface area contributed by atoms with Crippen molar-refractivity contribution in [3.63, 3.8) is 0 Å². The minimum Gasteiger partial charge on any atom is -0.340 e. The number of aromatic amines is 1. The van der Waals surface area contributed by atoms with Gasteiger partial charge in [-0.1, -0.05) is 12.8 Å². The van der Waals surface area contributed by atoms with Crippen molar-refractivity contribution in [2.75, 3.05) is 0 Å². The number of nitrogens with one attached hydrogen (secondary N) is 2. The Labute approximate surface area is 142 Å². The lowest BCUT2D eigenvalue weighted by Crippen LogP contribution is -2.30. The number of amides is 1. The Morgan fingerprint density at radius 1 is 1.24 bits per heavy atom. The smallest absolute Gasteiger partial charge is 0.289 e. The molecule has 4 rings (SSSR count). The van der Waals surface area contributed by atoms with Gasteiger partial charge in [0.2, 0.25) is 5.82 Å². The van der Waals surface area contributed by atoms with E-state index in [2.05, 4.69) is 45.5 Å². The molecule has 1 amide bonds. The van der Waals surface area contributed by atoms with Gasteiger partial charge in [-0.3, -0.25) is 14.5 Å². The molecular formula is C14H18N10O. The average Bonchev–Trinajstić information content (AvgIpc) is 3.43. The Balaban J connectivity index is 1.47. The summed E-state index contributed by atoms with van der Waals surface area (Å²) in [5, 5.41) is 25.1. The van der Waals surface area contributed by atoms with Crippen LogP contribution < -0.4 is 5.32 Å². The molecule has 1 fully saturated rings. The molecule has 1 unspecified atom stereocenters. The van der Waals surface area contributed by atoms with E-state index >= 15 is 0 Å². The number of rotatable bonds is 5. The Morgan fingerprint density at radius 2 is 2.00 bits per heavy atom. The third kappa shape index (κ3) is 2.99. The first-order valence-corrected chi connectivity index (χ1v) is 8.20. The molecule has 3 aromatic heterocycles. The molecule has 3 aromatic rings. The van der Waals surface area contributed by atoms with Crippen LogP contribution in [0.25, 0.3) is 5.95 Å². The first-order chi connectivity index (χ1) is 12.2. The van der Waals surface area contributed by atoms with Crippen molar-refractivity contribution in [3.8, 4) is 5.95 Å². The largest absolute Gasteiger partial charge is 0.340 e. The van der Waals surface area contributed by atoms with Gasteiger partial charge in [0.25, 0.3) is 11.9 Å². The average molecular weight is 342 g/mol. The summed E-state index contributed by atoms with van der Waals surface area (Å²) in [6, 6.07) is 0.119. The van der Waals surface area contributed by atoms with E-state index in [0.717, 1.165) is 18.7 Å². The second kappa shape index (κ2) is 6.42. The summed E-state index contributed by atoms with van der Waals surface area (Å²) in [7, 11) is 0. The number of aromatic nitrogens is 9. The molecule has 130 valence electrons. The van der Waals surface area contributed by atoms with Crippen LogP contribution in [-0.4, -0.2) is 50.6 Å². The summed E-state index contributed by atoms with van der Waals surface area (Å²) >= 11 is 0. The number of hydrogen-bond acceptors (Lipinski definition) is 7. The van der Waals surface area contributed by atoms with Crippen LogP contribution in [0.2, 0.25) is 0 Å². The highest BCUT2D eigenvalue weighted by Crippen LogP contribution is 2.31. The molecule has 0 spiro atoms. The van der Waals surface area contributed by atoms with E-state index < -0.39 is 0 Å². The third-order valence-corrected chi connectivity index (χ3v) is 4.39. The number of nitrogens with zero attached hydrogens (tertiary/aromatic N) is 8. The molecule has 0 saturated heterocycles. The fraction of sp³-hybridized carbons (Fsp3) is 0.500. The number of H-pyrrole nitrogens is 1. The first-order valence-electron chi connectivity index (χ1n) is 8.20. The molecule has 0 aromatic carbocycles. The topological polar surface area (TPSA) is 132 Å². The van der Waals surface area contributed by atoms with Gasteiger partial charge >= 0.3 is 0 Å². The quantitative estimate of drug-likeness (QED) is 0.693. The van der Waals surface area contributed by atoms with E-state index in [1.165, 1.54) is 30.1 Å². The monoisotopic (exact) mass is 342 g/mol. The molecular weight excluding hydrogens is 324 g/mol. The van der Waals surface area contributed by atoms with Gasteiger partial charge in [-0.05, 0) is 19.8 Å². The van der Waals surface area contributed by atoms with E-state index in [9.17, 15) is 4.79 Å². The molecule has 0 aliphatic heterocycles. The molecule has 1 aliphatic rings. The Morgan fingerprint density at radius 3 is 2.76 bits per heavy atom. The zero-order chi connectivity index (χ0) is 17.2. The predicted molar refractivity (Wildman–Crippen MR) is 84.7 cm³/mol. The van der Waals surface area contributed by atoms with Crippen LogP contribution in [0.1, 0.15) is 61.1 Å². The van der Waals surface area contributed by atoms with Crippen molar-refractivity contribution < 1.29 is 4.79 Å². The van der Waals surface area contributed by atoms with Crippen molar-refractivity contribution in [2.24, 2.45) is 0 Å². The van der Waals surface area contributed by atoms with Crippen LogP contribution in [0.4, 0.5) is 0 Å². The second-order valence-electron chi connectivity index (χ2n) is 6.08. The third-order valence-electron chi connectivity index (χ3n) is 4.39. The van der Waals surface area contributed by atoms with Gasteiger partial charge in [0.1, 0.15) is 19.0 Å². The summed E-state index contributed by atoms with van der Waals surface area (Å²) in [5.74, 6) is 0.804. The van der Waals surface area contributed by atoms with Crippen LogP contribution in [0.5, 0.6) is 0 Å². The zero-order valence-electron chi connectivity index (χ0n) is 13.7. The molecule has 25 heavy (non-hydrogen) atoms. The van der Waals surface area contributed by atoms with Crippen LogP contribution in [0.15, 0.2) is 19.0 Å². The van der Waals surface area contributed by atoms with Gasteiger partial charge in [-0.2, -0.15) is 4.98 Å². The fourth-order valence-electron chi connectivity index (χ4n) is 3.13. The number of carbonyl (C=O) groups excluding carboxylic acids is 1. The van der Waals surface area contributed by atoms with E-state index in [1.54, 1.807) is 6.33 Å². The van der Waals surface area contributed by atoms with Crippen LogP contribution in [-0.2, 0) is 0 Å². The van der Waals surface area contributed by atoms with Gasteiger partial charge < -0.3 is 9.88 Å². The van der Waals surface area contributed by atoms with Crippen molar-refractivity contribution in [2.45, 2.75) is 44.7 Å². The van der Waals surface area contributed by atoms with Crippen LogP contribution in [0.3, 0.4) is 0 Å². The first kappa shape index (κ1) is 15.4. The van der Waals surface area contributed by atoms with Crippen molar-refractivity contribution in [1.82, 2.24) is 50.0 Å². The van der Waals surface area contributed by atoms with Crippen LogP contribution >= 0.6 is 0 Å². The number of carbonyl (C=O) groups is 1. The van der Waals surface area contributed by atoms with E-state index in [1.807, 2.05) is 6.92 Å². The molecule has 3 heterocycles. The van der Waals surface area contributed by atoms with Crippen molar-refractivity contribution >= 4 is 5.91 Å². The van der Waals surface area contributed by atoms with Gasteiger partial charge in [-0.25, -0.2) is 0 Å². The highest BCUT2D eigenvalue weighted by atomic mass is 16.2. The molecule has 2 N–H and O–H groups in total. The van der Waals surface area contributed by atoms with E-state index in [0.29, 0.717) is 12.0 Å². The minimum atomic E-state index is -0.361. The summed E-state index contributed by atoms with van der Waals surface area (Å²) in [4.78, 5) is 16.6. The summed E-state index contributed by atoms with van der Waals surface area (Å²) in [6.45, 7) is 1.88. The van der Waals surface area contributed by atoms with Crippen molar-refractivity contribution in [3.05, 3.63) is 30.6 Å². The lowest BCUT2D eigenvalue weighted by molar-refractivity contribution is 0.0927. The van der Waals surface area contributed by atoms with E-state index in [4.69, 9.17) is 0 Å². The highest BCUT2D eigenvalue weighted by molar-refractivity contribution is 5.90. The minimum absolute atomic E-state index is 0.113. The predicted octanol–water partition coefficient (Wildman–Crippen LogP) is 0.583. The fourth-order valence-corrected chi connectivity index (χ4v) is 3.13. The maximum atomic E-state index is 12.4. The summed E-state index contributed by atoms with van der Waals surface area (Å²) < 4.78 is 3.58.